The van der Waals surface area contributed by atoms with Gasteiger partial charge in [0.25, 0.3) is 11.7 Å². The molecule has 0 radical (unpaired) electrons. The second-order valence-electron chi connectivity index (χ2n) is 8.38. The normalized spacial score (nSPS) is 17.8. The van der Waals surface area contributed by atoms with Crippen molar-refractivity contribution in [3.8, 4) is 11.5 Å². The highest BCUT2D eigenvalue weighted by Gasteiger charge is 2.46. The summed E-state index contributed by atoms with van der Waals surface area (Å²) in [6.07, 6.45) is 0.0109. The Hall–Kier alpha value is -3.03. The van der Waals surface area contributed by atoms with Gasteiger partial charge in [-0.3, -0.25) is 9.59 Å². The third-order valence-electron chi connectivity index (χ3n) is 5.32. The summed E-state index contributed by atoms with van der Waals surface area (Å²) in [5.41, 5.74) is 0.905. The molecule has 0 saturated carbocycles. The number of rotatable bonds is 8. The van der Waals surface area contributed by atoms with E-state index in [-0.39, 0.29) is 28.0 Å². The first kappa shape index (κ1) is 24.6. The molecule has 0 aliphatic carbocycles. The topological polar surface area (TPSA) is 79.3 Å². The van der Waals surface area contributed by atoms with Crippen molar-refractivity contribution in [3.05, 3.63) is 64.2 Å². The second-order valence-corrected chi connectivity index (χ2v) is 8.78. The van der Waals surface area contributed by atoms with Gasteiger partial charge in [0, 0.05) is 18.7 Å². The van der Waals surface area contributed by atoms with Crippen LogP contribution in [0.25, 0.3) is 5.76 Å². The molecule has 1 amide bonds. The molecule has 1 atom stereocenters. The van der Waals surface area contributed by atoms with E-state index in [0.717, 1.165) is 0 Å². The SMILES string of the molecule is COc1ccc(Cl)c(/C(O)=C2\C(=O)C(=O)N(CCN(C)C)C2c2ccc(OC(C)C)cc2)c1. The number of ether oxygens (including phenoxy) is 2. The molecule has 176 valence electrons. The van der Waals surface area contributed by atoms with Crippen molar-refractivity contribution in [2.24, 2.45) is 0 Å². The van der Waals surface area contributed by atoms with Gasteiger partial charge in [0.05, 0.1) is 29.9 Å². The number of hydrogen-bond acceptors (Lipinski definition) is 6. The lowest BCUT2D eigenvalue weighted by Crippen LogP contribution is -2.35. The Morgan fingerprint density at radius 1 is 1.12 bits per heavy atom. The maximum absolute atomic E-state index is 13.1. The number of amides is 1. The van der Waals surface area contributed by atoms with Gasteiger partial charge in [-0.05, 0) is 63.8 Å². The number of aliphatic hydroxyl groups is 1. The predicted octanol–water partition coefficient (Wildman–Crippen LogP) is 4.12. The number of hydrogen-bond donors (Lipinski definition) is 1. The fourth-order valence-corrected chi connectivity index (χ4v) is 3.93. The molecule has 1 unspecified atom stereocenters. The van der Waals surface area contributed by atoms with E-state index in [1.807, 2.05) is 32.8 Å². The highest BCUT2D eigenvalue weighted by Crippen LogP contribution is 2.41. The fraction of sp³-hybridized carbons (Fsp3) is 0.360. The Labute approximate surface area is 199 Å². The van der Waals surface area contributed by atoms with Crippen molar-refractivity contribution in [2.45, 2.75) is 26.0 Å². The Morgan fingerprint density at radius 3 is 2.33 bits per heavy atom. The zero-order valence-electron chi connectivity index (χ0n) is 19.5. The molecule has 1 aliphatic rings. The van der Waals surface area contributed by atoms with Gasteiger partial charge >= 0.3 is 0 Å². The molecule has 1 saturated heterocycles. The Morgan fingerprint density at radius 2 is 1.76 bits per heavy atom. The maximum Gasteiger partial charge on any atom is 0.295 e. The number of carbonyl (C=O) groups is 2. The van der Waals surface area contributed by atoms with Gasteiger partial charge in [-0.2, -0.15) is 0 Å². The smallest absolute Gasteiger partial charge is 0.295 e. The molecule has 3 rings (SSSR count). The first-order chi connectivity index (χ1) is 15.6. The summed E-state index contributed by atoms with van der Waals surface area (Å²) in [7, 11) is 5.27. The maximum atomic E-state index is 13.1. The van der Waals surface area contributed by atoms with Crippen LogP contribution >= 0.6 is 11.6 Å². The minimum Gasteiger partial charge on any atom is -0.507 e. The van der Waals surface area contributed by atoms with Crippen LogP contribution < -0.4 is 9.47 Å². The summed E-state index contributed by atoms with van der Waals surface area (Å²) in [4.78, 5) is 29.5. The third kappa shape index (κ3) is 5.31. The van der Waals surface area contributed by atoms with E-state index in [2.05, 4.69) is 0 Å². The van der Waals surface area contributed by atoms with Gasteiger partial charge < -0.3 is 24.4 Å². The number of likely N-dealkylation sites (N-methyl/N-ethyl adjacent to an activating group) is 1. The van der Waals surface area contributed by atoms with Crippen LogP contribution in [0, 0.1) is 0 Å². The molecule has 2 aromatic rings. The van der Waals surface area contributed by atoms with E-state index in [4.69, 9.17) is 21.1 Å². The minimum atomic E-state index is -0.764. The lowest BCUT2D eigenvalue weighted by molar-refractivity contribution is -0.140. The predicted molar refractivity (Wildman–Crippen MR) is 128 cm³/mol. The molecule has 33 heavy (non-hydrogen) atoms. The summed E-state index contributed by atoms with van der Waals surface area (Å²) in [6, 6.07) is 11.2. The largest absolute Gasteiger partial charge is 0.507 e. The number of aliphatic hydroxyl groups excluding tert-OH is 1. The highest BCUT2D eigenvalue weighted by atomic mass is 35.5. The molecular weight excluding hydrogens is 444 g/mol. The van der Waals surface area contributed by atoms with E-state index >= 15 is 0 Å². The average molecular weight is 473 g/mol. The Balaban J connectivity index is 2.14. The molecule has 1 heterocycles. The standard InChI is InChI=1S/C25H29ClN2O5/c1-15(2)33-17-8-6-16(7-9-17)22-21(24(30)25(31)28(22)13-12-27(3)4)23(29)19-14-18(32-5)10-11-20(19)26/h6-11,14-15,22,29H,12-13H2,1-5H3/b23-21+. The fourth-order valence-electron chi connectivity index (χ4n) is 3.72. The zero-order valence-corrected chi connectivity index (χ0v) is 20.2. The van der Waals surface area contributed by atoms with Crippen LogP contribution in [0.2, 0.25) is 5.02 Å². The van der Waals surface area contributed by atoms with Crippen molar-refractivity contribution in [1.82, 2.24) is 9.80 Å². The van der Waals surface area contributed by atoms with Gasteiger partial charge in [0.2, 0.25) is 0 Å². The van der Waals surface area contributed by atoms with Crippen molar-refractivity contribution in [1.29, 1.82) is 0 Å². The monoisotopic (exact) mass is 472 g/mol. The van der Waals surface area contributed by atoms with Crippen molar-refractivity contribution >= 4 is 29.1 Å². The average Bonchev–Trinajstić information content (AvgIpc) is 3.02. The molecule has 0 aromatic heterocycles. The number of nitrogens with zero attached hydrogens (tertiary/aromatic N) is 2. The van der Waals surface area contributed by atoms with Crippen LogP contribution in [0.5, 0.6) is 11.5 Å². The van der Waals surface area contributed by atoms with Crippen molar-refractivity contribution in [2.75, 3.05) is 34.3 Å². The van der Waals surface area contributed by atoms with Gasteiger partial charge in [-0.15, -0.1) is 0 Å². The number of methoxy groups -OCH3 is 1. The summed E-state index contributed by atoms with van der Waals surface area (Å²) in [6.45, 7) is 4.73. The third-order valence-corrected chi connectivity index (χ3v) is 5.65. The Kier molecular flexibility index (Phi) is 7.66. The summed E-state index contributed by atoms with van der Waals surface area (Å²) in [5.74, 6) is -0.607. The van der Waals surface area contributed by atoms with Gasteiger partial charge in [0.15, 0.2) is 0 Å². The lowest BCUT2D eigenvalue weighted by Gasteiger charge is -2.27. The molecule has 1 fully saturated rings. The van der Waals surface area contributed by atoms with Gasteiger partial charge in [-0.1, -0.05) is 23.7 Å². The number of likely N-dealkylation sites (tertiary alicyclic amines) is 1. The Bertz CT molecular complexity index is 1060. The molecule has 1 N–H and O–H groups in total. The van der Waals surface area contributed by atoms with Crippen molar-refractivity contribution in [3.63, 3.8) is 0 Å². The zero-order chi connectivity index (χ0) is 24.3. The van der Waals surface area contributed by atoms with Crippen molar-refractivity contribution < 1.29 is 24.2 Å². The summed E-state index contributed by atoms with van der Waals surface area (Å²) >= 11 is 6.33. The molecule has 1 aliphatic heterocycles. The van der Waals surface area contributed by atoms with Crippen LogP contribution in [0.3, 0.4) is 0 Å². The van der Waals surface area contributed by atoms with Crippen LogP contribution in [-0.4, -0.2) is 67.0 Å². The molecule has 7 nitrogen and oxygen atoms in total. The first-order valence-corrected chi connectivity index (χ1v) is 11.1. The number of halogens is 1. The molecular formula is C25H29ClN2O5. The summed E-state index contributed by atoms with van der Waals surface area (Å²) in [5, 5.41) is 11.5. The lowest BCUT2D eigenvalue weighted by atomic mass is 9.95. The minimum absolute atomic E-state index is 0.00793. The number of carbonyl (C=O) groups excluding carboxylic acids is 2. The van der Waals surface area contributed by atoms with E-state index in [1.165, 1.54) is 12.0 Å². The first-order valence-electron chi connectivity index (χ1n) is 10.7. The highest BCUT2D eigenvalue weighted by molar-refractivity contribution is 6.47. The number of benzene rings is 2. The van der Waals surface area contributed by atoms with E-state index in [0.29, 0.717) is 30.2 Å². The van der Waals surface area contributed by atoms with Crippen LogP contribution in [0.1, 0.15) is 31.0 Å². The number of Topliss-reactive ketones (excluding diaryl/α,β-unsaturated/α-hetero) is 1. The molecule has 8 heteroatoms. The van der Waals surface area contributed by atoms with Gasteiger partial charge in [-0.25, -0.2) is 0 Å². The molecule has 0 spiro atoms. The van der Waals surface area contributed by atoms with Gasteiger partial charge in [0.1, 0.15) is 17.3 Å². The van der Waals surface area contributed by atoms with E-state index in [1.54, 1.807) is 42.5 Å². The number of ketones is 1. The van der Waals surface area contributed by atoms with Crippen LogP contribution in [-0.2, 0) is 9.59 Å². The molecule has 2 aromatic carbocycles. The van der Waals surface area contributed by atoms with Crippen LogP contribution in [0.15, 0.2) is 48.0 Å². The van der Waals surface area contributed by atoms with E-state index in [9.17, 15) is 14.7 Å². The van der Waals surface area contributed by atoms with E-state index < -0.39 is 17.7 Å². The second kappa shape index (κ2) is 10.3. The molecule has 0 bridgehead atoms. The summed E-state index contributed by atoms with van der Waals surface area (Å²) < 4.78 is 11.0. The van der Waals surface area contributed by atoms with Crippen LogP contribution in [0.4, 0.5) is 0 Å². The quantitative estimate of drug-likeness (QED) is 0.353.